The van der Waals surface area contributed by atoms with E-state index < -0.39 is 15.8 Å². The number of sulfonamides is 1. The molecule has 3 rings (SSSR count). The summed E-state index contributed by atoms with van der Waals surface area (Å²) < 4.78 is 44.6. The maximum atomic E-state index is 12.9. The Balaban J connectivity index is 1.61. The number of hydrogen-bond acceptors (Lipinski definition) is 7. The topological polar surface area (TPSA) is 124 Å². The van der Waals surface area contributed by atoms with Crippen molar-refractivity contribution in [3.05, 3.63) is 71.9 Å². The lowest BCUT2D eigenvalue weighted by atomic mass is 10.1. The first-order valence-electron chi connectivity index (χ1n) is 7.66. The van der Waals surface area contributed by atoms with Crippen LogP contribution in [0.15, 0.2) is 58.2 Å². The molecule has 0 aliphatic carbocycles. The van der Waals surface area contributed by atoms with Gasteiger partial charge < -0.3 is 10.3 Å². The van der Waals surface area contributed by atoms with E-state index in [2.05, 4.69) is 19.8 Å². The molecule has 10 heteroatoms. The van der Waals surface area contributed by atoms with Crippen LogP contribution >= 0.6 is 0 Å². The molecule has 26 heavy (non-hydrogen) atoms. The van der Waals surface area contributed by atoms with Crippen molar-refractivity contribution in [2.24, 2.45) is 5.73 Å². The third kappa shape index (κ3) is 4.48. The van der Waals surface area contributed by atoms with Gasteiger partial charge in [-0.15, -0.1) is 0 Å². The lowest BCUT2D eigenvalue weighted by Crippen LogP contribution is -2.23. The average Bonchev–Trinajstić information content (AvgIpc) is 3.09. The number of nitrogens with zero attached hydrogens (tertiary/aromatic N) is 3. The summed E-state index contributed by atoms with van der Waals surface area (Å²) in [6.45, 7) is -0.161. The molecule has 0 spiro atoms. The average molecular weight is 377 g/mol. The minimum atomic E-state index is -3.80. The molecule has 2 aromatic heterocycles. The maximum absolute atomic E-state index is 12.9. The molecule has 136 valence electrons. The fourth-order valence-corrected chi connectivity index (χ4v) is 3.18. The van der Waals surface area contributed by atoms with E-state index in [1.54, 1.807) is 18.5 Å². The highest BCUT2D eigenvalue weighted by Crippen LogP contribution is 2.14. The van der Waals surface area contributed by atoms with Crippen molar-refractivity contribution in [1.29, 1.82) is 0 Å². The van der Waals surface area contributed by atoms with E-state index in [-0.39, 0.29) is 29.2 Å². The summed E-state index contributed by atoms with van der Waals surface area (Å²) in [6, 6.07) is 7.73. The van der Waals surface area contributed by atoms with Gasteiger partial charge in [-0.3, -0.25) is 4.98 Å². The molecule has 0 aliphatic rings. The smallest absolute Gasteiger partial charge is 0.240 e. The largest absolute Gasteiger partial charge is 0.339 e. The lowest BCUT2D eigenvalue weighted by Gasteiger charge is -2.07. The zero-order valence-corrected chi connectivity index (χ0v) is 14.4. The van der Waals surface area contributed by atoms with Crippen LogP contribution in [-0.4, -0.2) is 23.5 Å². The predicted molar refractivity (Wildman–Crippen MR) is 89.6 cm³/mol. The second-order valence-electron chi connectivity index (χ2n) is 5.48. The molecule has 3 aromatic rings. The van der Waals surface area contributed by atoms with Gasteiger partial charge in [-0.1, -0.05) is 11.2 Å². The van der Waals surface area contributed by atoms with Crippen molar-refractivity contribution < 1.29 is 17.3 Å². The molecular weight excluding hydrogens is 361 g/mol. The number of halogens is 1. The zero-order valence-electron chi connectivity index (χ0n) is 13.5. The summed E-state index contributed by atoms with van der Waals surface area (Å²) in [4.78, 5) is 8.06. The third-order valence-electron chi connectivity index (χ3n) is 3.56. The fourth-order valence-electron chi connectivity index (χ4n) is 2.20. The Kier molecular flexibility index (Phi) is 5.35. The van der Waals surface area contributed by atoms with Crippen molar-refractivity contribution in [2.75, 3.05) is 0 Å². The van der Waals surface area contributed by atoms with Gasteiger partial charge in [0, 0.05) is 24.9 Å². The van der Waals surface area contributed by atoms with E-state index in [1.807, 2.05) is 6.07 Å². The van der Waals surface area contributed by atoms with Crippen molar-refractivity contribution >= 4 is 10.0 Å². The number of aromatic nitrogens is 3. The fraction of sp³-hybridized carbons (Fsp3) is 0.188. The van der Waals surface area contributed by atoms with Gasteiger partial charge in [0.05, 0.1) is 11.4 Å². The van der Waals surface area contributed by atoms with Gasteiger partial charge in [-0.25, -0.2) is 17.5 Å². The first-order chi connectivity index (χ1) is 12.4. The quantitative estimate of drug-likeness (QED) is 0.636. The Labute approximate surface area is 149 Å². The number of nitrogens with one attached hydrogen (secondary N) is 1. The molecule has 1 aromatic carbocycles. The summed E-state index contributed by atoms with van der Waals surface area (Å²) in [6.07, 6.45) is 3.59. The van der Waals surface area contributed by atoms with Crippen LogP contribution in [0.2, 0.25) is 0 Å². The van der Waals surface area contributed by atoms with E-state index in [0.717, 1.165) is 17.7 Å². The Hall–Kier alpha value is -2.69. The predicted octanol–water partition coefficient (Wildman–Crippen LogP) is 1.32. The molecule has 0 bridgehead atoms. The van der Waals surface area contributed by atoms with Gasteiger partial charge in [0.2, 0.25) is 15.9 Å². The van der Waals surface area contributed by atoms with Crippen LogP contribution in [0, 0.1) is 5.82 Å². The number of nitrogens with two attached hydrogens (primary N) is 1. The van der Waals surface area contributed by atoms with Gasteiger partial charge in [-0.05, 0) is 35.9 Å². The highest BCUT2D eigenvalue weighted by atomic mass is 32.2. The number of hydrogen-bond donors (Lipinski definition) is 2. The summed E-state index contributed by atoms with van der Waals surface area (Å²) >= 11 is 0. The van der Waals surface area contributed by atoms with Gasteiger partial charge >= 0.3 is 0 Å². The van der Waals surface area contributed by atoms with E-state index in [4.69, 9.17) is 10.3 Å². The Morgan fingerprint density at radius 3 is 2.69 bits per heavy atom. The SMILES string of the molecule is N[C@H](Cc1nc(CNS(=O)(=O)c2ccc(F)cc2)no1)c1cccnc1. The molecule has 0 fully saturated rings. The van der Waals surface area contributed by atoms with Crippen LogP contribution in [0.25, 0.3) is 0 Å². The molecule has 1 atom stereocenters. The molecular formula is C16H16FN5O3S. The first kappa shape index (κ1) is 18.1. The van der Waals surface area contributed by atoms with Crippen LogP contribution < -0.4 is 10.5 Å². The lowest BCUT2D eigenvalue weighted by molar-refractivity contribution is 0.364. The monoisotopic (exact) mass is 377 g/mol. The second kappa shape index (κ2) is 7.68. The highest BCUT2D eigenvalue weighted by Gasteiger charge is 2.17. The van der Waals surface area contributed by atoms with Gasteiger partial charge in [0.1, 0.15) is 5.82 Å². The summed E-state index contributed by atoms with van der Waals surface area (Å²) in [5.41, 5.74) is 6.88. The van der Waals surface area contributed by atoms with Crippen molar-refractivity contribution in [1.82, 2.24) is 19.8 Å². The first-order valence-corrected chi connectivity index (χ1v) is 9.14. The zero-order chi connectivity index (χ0) is 18.6. The molecule has 0 amide bonds. The van der Waals surface area contributed by atoms with Gasteiger partial charge in [0.25, 0.3) is 0 Å². The molecule has 0 aliphatic heterocycles. The summed E-state index contributed by atoms with van der Waals surface area (Å²) in [5.74, 6) is -0.0573. The van der Waals surface area contributed by atoms with Crippen molar-refractivity contribution in [2.45, 2.75) is 23.9 Å². The van der Waals surface area contributed by atoms with E-state index >= 15 is 0 Å². The highest BCUT2D eigenvalue weighted by molar-refractivity contribution is 7.89. The minimum Gasteiger partial charge on any atom is -0.339 e. The summed E-state index contributed by atoms with van der Waals surface area (Å²) in [7, 11) is -3.80. The maximum Gasteiger partial charge on any atom is 0.240 e. The van der Waals surface area contributed by atoms with Crippen LogP contribution in [0.4, 0.5) is 4.39 Å². The molecule has 0 unspecified atom stereocenters. The molecule has 0 saturated heterocycles. The van der Waals surface area contributed by atoms with Crippen LogP contribution in [0.3, 0.4) is 0 Å². The summed E-state index contributed by atoms with van der Waals surface area (Å²) in [5, 5.41) is 3.73. The Morgan fingerprint density at radius 2 is 2.00 bits per heavy atom. The van der Waals surface area contributed by atoms with Crippen LogP contribution in [0.1, 0.15) is 23.3 Å². The van der Waals surface area contributed by atoms with E-state index in [9.17, 15) is 12.8 Å². The minimum absolute atomic E-state index is 0.0544. The van der Waals surface area contributed by atoms with Crippen LogP contribution in [0.5, 0.6) is 0 Å². The molecule has 2 heterocycles. The Bertz CT molecular complexity index is 961. The molecule has 0 saturated carbocycles. The van der Waals surface area contributed by atoms with Crippen LogP contribution in [-0.2, 0) is 23.0 Å². The normalized spacial score (nSPS) is 12.8. The number of benzene rings is 1. The molecule has 3 N–H and O–H groups in total. The molecule has 0 radical (unpaired) electrons. The van der Waals surface area contributed by atoms with Crippen molar-refractivity contribution in [3.63, 3.8) is 0 Å². The number of pyridine rings is 1. The van der Waals surface area contributed by atoms with E-state index in [0.29, 0.717) is 6.42 Å². The standard InChI is InChI=1S/C16H16FN5O3S/c17-12-3-5-13(6-4-12)26(23,24)20-10-15-21-16(25-22-15)8-14(18)11-2-1-7-19-9-11/h1-7,9,14,20H,8,10,18H2/t14-/m1/s1. The van der Waals surface area contributed by atoms with Crippen molar-refractivity contribution in [3.8, 4) is 0 Å². The van der Waals surface area contributed by atoms with Gasteiger partial charge in [0.15, 0.2) is 5.82 Å². The second-order valence-corrected chi connectivity index (χ2v) is 7.25. The Morgan fingerprint density at radius 1 is 1.23 bits per heavy atom. The van der Waals surface area contributed by atoms with E-state index in [1.165, 1.54) is 12.1 Å². The number of rotatable bonds is 7. The molecule has 8 nitrogen and oxygen atoms in total. The van der Waals surface area contributed by atoms with Gasteiger partial charge in [-0.2, -0.15) is 4.98 Å². The third-order valence-corrected chi connectivity index (χ3v) is 4.98.